The Morgan fingerprint density at radius 2 is 1.80 bits per heavy atom. The molecule has 0 bridgehead atoms. The number of rotatable bonds is 2. The molecule has 0 unspecified atom stereocenters. The van der Waals surface area contributed by atoms with Crippen LogP contribution in [0.3, 0.4) is 0 Å². The molecule has 20 heavy (non-hydrogen) atoms. The monoisotopic (exact) mass is 276 g/mol. The van der Waals surface area contributed by atoms with Crippen LogP contribution in [0.5, 0.6) is 0 Å². The van der Waals surface area contributed by atoms with Gasteiger partial charge in [0.1, 0.15) is 5.82 Å². The Bertz CT molecular complexity index is 468. The molecule has 2 aliphatic rings. The minimum Gasteiger partial charge on any atom is -0.369 e. The van der Waals surface area contributed by atoms with Crippen LogP contribution in [0.2, 0.25) is 0 Å². The van der Waals surface area contributed by atoms with Gasteiger partial charge >= 0.3 is 0 Å². The first kappa shape index (κ1) is 13.9. The SMILES string of the molecule is C[C@@H](N)c1cccc(F)c1N1CCC2(CCCC2)CC1. The Morgan fingerprint density at radius 3 is 2.40 bits per heavy atom. The molecule has 1 aromatic carbocycles. The van der Waals surface area contributed by atoms with E-state index in [4.69, 9.17) is 5.73 Å². The van der Waals surface area contributed by atoms with Crippen molar-refractivity contribution in [1.29, 1.82) is 0 Å². The third-order valence-corrected chi connectivity index (χ3v) is 5.31. The zero-order valence-electron chi connectivity index (χ0n) is 12.4. The quantitative estimate of drug-likeness (QED) is 0.884. The van der Waals surface area contributed by atoms with Gasteiger partial charge in [0.05, 0.1) is 5.69 Å². The van der Waals surface area contributed by atoms with Crippen LogP contribution >= 0.6 is 0 Å². The molecule has 110 valence electrons. The third kappa shape index (κ3) is 2.44. The summed E-state index contributed by atoms with van der Waals surface area (Å²) in [6.45, 7) is 3.88. The lowest BCUT2D eigenvalue weighted by Crippen LogP contribution is -2.40. The normalized spacial score (nSPS) is 23.2. The number of piperidine rings is 1. The second-order valence-electron chi connectivity index (χ2n) is 6.66. The number of hydrogen-bond acceptors (Lipinski definition) is 2. The lowest BCUT2D eigenvalue weighted by atomic mass is 9.77. The van der Waals surface area contributed by atoms with Gasteiger partial charge in [-0.05, 0) is 49.7 Å². The molecule has 1 spiro atoms. The second kappa shape index (κ2) is 5.36. The molecule has 3 heteroatoms. The fourth-order valence-electron chi connectivity index (χ4n) is 4.06. The van der Waals surface area contributed by atoms with E-state index >= 15 is 0 Å². The first-order valence-corrected chi connectivity index (χ1v) is 7.90. The smallest absolute Gasteiger partial charge is 0.146 e. The van der Waals surface area contributed by atoms with Crippen LogP contribution in [0.4, 0.5) is 10.1 Å². The number of hydrogen-bond donors (Lipinski definition) is 1. The standard InChI is InChI=1S/C17H25FN2/c1-13(19)14-5-4-6-15(18)16(14)20-11-9-17(10-12-20)7-2-3-8-17/h4-6,13H,2-3,7-12,19H2,1H3/t13-/m1/s1. The fourth-order valence-corrected chi connectivity index (χ4v) is 4.06. The summed E-state index contributed by atoms with van der Waals surface area (Å²) in [6.07, 6.45) is 7.92. The minimum atomic E-state index is -0.123. The van der Waals surface area contributed by atoms with Crippen LogP contribution in [0, 0.1) is 11.2 Å². The van der Waals surface area contributed by atoms with Gasteiger partial charge in [0.2, 0.25) is 0 Å². The van der Waals surface area contributed by atoms with E-state index in [1.54, 1.807) is 12.1 Å². The summed E-state index contributed by atoms with van der Waals surface area (Å²) in [5.41, 5.74) is 8.26. The molecular weight excluding hydrogens is 251 g/mol. The minimum absolute atomic E-state index is 0.122. The maximum atomic E-state index is 14.3. The summed E-state index contributed by atoms with van der Waals surface area (Å²) in [6, 6.07) is 5.16. The predicted molar refractivity (Wildman–Crippen MR) is 81.4 cm³/mol. The van der Waals surface area contributed by atoms with E-state index in [1.165, 1.54) is 38.5 Å². The molecule has 3 rings (SSSR count). The molecular formula is C17H25FN2. The fraction of sp³-hybridized carbons (Fsp3) is 0.647. The van der Waals surface area contributed by atoms with Crippen LogP contribution in [0.1, 0.15) is 57.1 Å². The number of halogens is 1. The number of nitrogens with zero attached hydrogens (tertiary/aromatic N) is 1. The van der Waals surface area contributed by atoms with Gasteiger partial charge in [-0.3, -0.25) is 0 Å². The largest absolute Gasteiger partial charge is 0.369 e. The Kier molecular flexibility index (Phi) is 3.72. The van der Waals surface area contributed by atoms with Gasteiger partial charge in [0.15, 0.2) is 0 Å². The Labute approximate surface area is 121 Å². The predicted octanol–water partition coefficient (Wildman–Crippen LogP) is 4.01. The van der Waals surface area contributed by atoms with Gasteiger partial charge in [0, 0.05) is 19.1 Å². The number of para-hydroxylation sites is 1. The first-order chi connectivity index (χ1) is 9.61. The maximum Gasteiger partial charge on any atom is 0.146 e. The van der Waals surface area contributed by atoms with E-state index in [0.717, 1.165) is 24.3 Å². The molecule has 0 aromatic heterocycles. The molecule has 1 aromatic rings. The van der Waals surface area contributed by atoms with Crippen LogP contribution in [-0.2, 0) is 0 Å². The third-order valence-electron chi connectivity index (χ3n) is 5.31. The van der Waals surface area contributed by atoms with E-state index in [2.05, 4.69) is 4.90 Å². The highest BCUT2D eigenvalue weighted by Crippen LogP contribution is 2.47. The molecule has 1 aliphatic carbocycles. The summed E-state index contributed by atoms with van der Waals surface area (Å²) in [5.74, 6) is -0.123. The maximum absolute atomic E-state index is 14.3. The molecule has 1 saturated carbocycles. The van der Waals surface area contributed by atoms with Crippen LogP contribution in [0.25, 0.3) is 0 Å². The van der Waals surface area contributed by atoms with Crippen LogP contribution in [0.15, 0.2) is 18.2 Å². The van der Waals surface area contributed by atoms with Gasteiger partial charge in [-0.25, -0.2) is 4.39 Å². The number of anilines is 1. The zero-order chi connectivity index (χ0) is 14.2. The highest BCUT2D eigenvalue weighted by Gasteiger charge is 2.37. The number of benzene rings is 1. The second-order valence-corrected chi connectivity index (χ2v) is 6.66. The van der Waals surface area contributed by atoms with Gasteiger partial charge in [-0.15, -0.1) is 0 Å². The zero-order valence-corrected chi connectivity index (χ0v) is 12.4. The van der Waals surface area contributed by atoms with E-state index in [1.807, 2.05) is 13.0 Å². The Hall–Kier alpha value is -1.09. The molecule has 2 nitrogen and oxygen atoms in total. The van der Waals surface area contributed by atoms with Crippen molar-refractivity contribution in [2.75, 3.05) is 18.0 Å². The lowest BCUT2D eigenvalue weighted by molar-refractivity contribution is 0.226. The van der Waals surface area contributed by atoms with Crippen molar-refractivity contribution in [3.8, 4) is 0 Å². The molecule has 1 atom stereocenters. The van der Waals surface area contributed by atoms with Crippen molar-refractivity contribution in [3.05, 3.63) is 29.6 Å². The highest BCUT2D eigenvalue weighted by atomic mass is 19.1. The molecule has 2 N–H and O–H groups in total. The molecule has 2 fully saturated rings. The topological polar surface area (TPSA) is 29.3 Å². The van der Waals surface area contributed by atoms with Gasteiger partial charge < -0.3 is 10.6 Å². The highest BCUT2D eigenvalue weighted by molar-refractivity contribution is 5.56. The molecule has 0 radical (unpaired) electrons. The van der Waals surface area contributed by atoms with E-state index in [0.29, 0.717) is 5.41 Å². The molecule has 1 saturated heterocycles. The Balaban J connectivity index is 1.81. The summed E-state index contributed by atoms with van der Waals surface area (Å²) < 4.78 is 14.3. The summed E-state index contributed by atoms with van der Waals surface area (Å²) in [7, 11) is 0. The van der Waals surface area contributed by atoms with Crippen LogP contribution in [-0.4, -0.2) is 13.1 Å². The van der Waals surface area contributed by atoms with Gasteiger partial charge in [-0.2, -0.15) is 0 Å². The van der Waals surface area contributed by atoms with Crippen molar-refractivity contribution in [2.24, 2.45) is 11.1 Å². The van der Waals surface area contributed by atoms with Crippen LogP contribution < -0.4 is 10.6 Å². The number of nitrogens with two attached hydrogens (primary N) is 1. The van der Waals surface area contributed by atoms with Gasteiger partial charge in [-0.1, -0.05) is 25.0 Å². The first-order valence-electron chi connectivity index (χ1n) is 7.90. The van der Waals surface area contributed by atoms with Gasteiger partial charge in [0.25, 0.3) is 0 Å². The summed E-state index contributed by atoms with van der Waals surface area (Å²) >= 11 is 0. The van der Waals surface area contributed by atoms with Crippen molar-refractivity contribution >= 4 is 5.69 Å². The lowest BCUT2D eigenvalue weighted by Gasteiger charge is -2.41. The van der Waals surface area contributed by atoms with E-state index in [-0.39, 0.29) is 11.9 Å². The van der Waals surface area contributed by atoms with Crippen molar-refractivity contribution < 1.29 is 4.39 Å². The van der Waals surface area contributed by atoms with Crippen molar-refractivity contribution in [1.82, 2.24) is 0 Å². The molecule has 1 heterocycles. The summed E-state index contributed by atoms with van der Waals surface area (Å²) in [4.78, 5) is 2.22. The van der Waals surface area contributed by atoms with E-state index in [9.17, 15) is 4.39 Å². The average molecular weight is 276 g/mol. The van der Waals surface area contributed by atoms with Crippen molar-refractivity contribution in [3.63, 3.8) is 0 Å². The van der Waals surface area contributed by atoms with E-state index < -0.39 is 0 Å². The molecule has 1 aliphatic heterocycles. The Morgan fingerprint density at radius 1 is 1.15 bits per heavy atom. The molecule has 0 amide bonds. The summed E-state index contributed by atoms with van der Waals surface area (Å²) in [5, 5.41) is 0. The van der Waals surface area contributed by atoms with Crippen molar-refractivity contribution in [2.45, 2.75) is 51.5 Å². The average Bonchev–Trinajstić information content (AvgIpc) is 2.88.